The molecule has 2 aromatic heterocycles. The summed E-state index contributed by atoms with van der Waals surface area (Å²) in [6, 6.07) is 16.4. The number of carbonyl (C=O) groups excluding carboxylic acids is 1. The van der Waals surface area contributed by atoms with Crippen molar-refractivity contribution >= 4 is 56.1 Å². The Morgan fingerprint density at radius 3 is 2.76 bits per heavy atom. The van der Waals surface area contributed by atoms with E-state index in [1.54, 1.807) is 30.5 Å². The molecule has 2 heterocycles. The molecule has 144 valence electrons. The smallest absolute Gasteiger partial charge is 0.257 e. The van der Waals surface area contributed by atoms with E-state index in [0.29, 0.717) is 22.7 Å². The Labute approximate surface area is 180 Å². The molecule has 0 saturated carbocycles. The maximum Gasteiger partial charge on any atom is 0.257 e. The fourth-order valence-electron chi connectivity index (χ4n) is 2.79. The zero-order chi connectivity index (χ0) is 20.4. The number of aryl methyl sites for hydroxylation is 1. The molecular formula is C21H15BrN4O2S. The first-order valence-electron chi connectivity index (χ1n) is 8.70. The summed E-state index contributed by atoms with van der Waals surface area (Å²) < 4.78 is 6.58. The summed E-state index contributed by atoms with van der Waals surface area (Å²) in [5.41, 5.74) is 4.26. The van der Waals surface area contributed by atoms with Crippen LogP contribution in [0.2, 0.25) is 0 Å². The van der Waals surface area contributed by atoms with Gasteiger partial charge in [0.2, 0.25) is 5.89 Å². The van der Waals surface area contributed by atoms with Gasteiger partial charge in [0.15, 0.2) is 16.3 Å². The highest BCUT2D eigenvalue weighted by Crippen LogP contribution is 2.26. The minimum Gasteiger partial charge on any atom is -0.434 e. The Balaban J connectivity index is 1.48. The molecule has 2 aromatic carbocycles. The summed E-state index contributed by atoms with van der Waals surface area (Å²) in [6.07, 6.45) is 1.68. The Hall–Kier alpha value is -3.10. The fourth-order valence-corrected chi connectivity index (χ4v) is 3.39. The lowest BCUT2D eigenvalue weighted by Crippen LogP contribution is -2.34. The molecule has 0 radical (unpaired) electrons. The normalized spacial score (nSPS) is 10.7. The van der Waals surface area contributed by atoms with Crippen molar-refractivity contribution in [1.29, 1.82) is 0 Å². The molecule has 8 heteroatoms. The van der Waals surface area contributed by atoms with E-state index < -0.39 is 0 Å². The second kappa shape index (κ2) is 8.10. The number of aromatic nitrogens is 2. The van der Waals surface area contributed by atoms with Gasteiger partial charge in [-0.25, -0.2) is 4.98 Å². The molecule has 4 aromatic rings. The van der Waals surface area contributed by atoms with Crippen molar-refractivity contribution in [3.8, 4) is 11.5 Å². The number of hydrogen-bond acceptors (Lipinski definition) is 5. The number of oxazole rings is 1. The van der Waals surface area contributed by atoms with Crippen LogP contribution in [0.25, 0.3) is 22.7 Å². The second-order valence-electron chi connectivity index (χ2n) is 6.29. The van der Waals surface area contributed by atoms with E-state index in [0.717, 1.165) is 21.3 Å². The van der Waals surface area contributed by atoms with E-state index in [4.69, 9.17) is 16.6 Å². The summed E-state index contributed by atoms with van der Waals surface area (Å²) in [5, 5.41) is 5.96. The van der Waals surface area contributed by atoms with Crippen LogP contribution in [-0.4, -0.2) is 21.0 Å². The van der Waals surface area contributed by atoms with Crippen LogP contribution >= 0.6 is 28.1 Å². The fraction of sp³-hybridized carbons (Fsp3) is 0.0476. The first kappa shape index (κ1) is 19.2. The maximum atomic E-state index is 12.3. The number of fused-ring (bicyclic) bond motifs is 1. The monoisotopic (exact) mass is 466 g/mol. The van der Waals surface area contributed by atoms with Crippen molar-refractivity contribution in [2.75, 3.05) is 5.32 Å². The SMILES string of the molecule is Cc1cc(-c2nc3ncccc3o2)ccc1NC(=S)NC(=O)c1cccc(Br)c1. The predicted octanol–water partition coefficient (Wildman–Crippen LogP) is 5.09. The minimum absolute atomic E-state index is 0.219. The van der Waals surface area contributed by atoms with Crippen LogP contribution in [0.3, 0.4) is 0 Å². The lowest BCUT2D eigenvalue weighted by atomic mass is 10.1. The average molecular weight is 467 g/mol. The molecule has 0 aliphatic carbocycles. The van der Waals surface area contributed by atoms with Crippen LogP contribution in [0.4, 0.5) is 5.69 Å². The molecule has 0 aliphatic heterocycles. The van der Waals surface area contributed by atoms with Crippen molar-refractivity contribution in [1.82, 2.24) is 15.3 Å². The highest BCUT2D eigenvalue weighted by Gasteiger charge is 2.12. The van der Waals surface area contributed by atoms with E-state index in [2.05, 4.69) is 36.5 Å². The molecule has 0 unspecified atom stereocenters. The van der Waals surface area contributed by atoms with Gasteiger partial charge in [-0.15, -0.1) is 0 Å². The average Bonchev–Trinajstić information content (AvgIpc) is 3.13. The van der Waals surface area contributed by atoms with Gasteiger partial charge in [0.05, 0.1) is 0 Å². The quantitative estimate of drug-likeness (QED) is 0.409. The summed E-state index contributed by atoms with van der Waals surface area (Å²) >= 11 is 8.63. The first-order valence-corrected chi connectivity index (χ1v) is 9.90. The number of nitrogens with zero attached hydrogens (tertiary/aromatic N) is 2. The number of amides is 1. The standard InChI is InChI=1S/C21H15BrN4O2S/c1-12-10-14(20-25-18-17(28-20)6-3-9-23-18)7-8-16(12)24-21(29)26-19(27)13-4-2-5-15(22)11-13/h2-11H,1H3,(H2,24,26,27,29). The number of benzene rings is 2. The van der Waals surface area contributed by atoms with Gasteiger partial charge in [0.25, 0.3) is 5.91 Å². The van der Waals surface area contributed by atoms with Crippen LogP contribution < -0.4 is 10.6 Å². The van der Waals surface area contributed by atoms with Crippen LogP contribution in [0.5, 0.6) is 0 Å². The largest absolute Gasteiger partial charge is 0.434 e. The third kappa shape index (κ3) is 4.33. The summed E-state index contributed by atoms with van der Waals surface area (Å²) in [5.74, 6) is 0.218. The molecule has 1 amide bonds. The third-order valence-corrected chi connectivity index (χ3v) is 4.90. The Bertz CT molecular complexity index is 1210. The molecule has 0 saturated heterocycles. The molecule has 0 bridgehead atoms. The Kier molecular flexibility index (Phi) is 5.37. The van der Waals surface area contributed by atoms with Crippen molar-refractivity contribution in [2.45, 2.75) is 6.92 Å². The molecular weight excluding hydrogens is 452 g/mol. The summed E-state index contributed by atoms with van der Waals surface area (Å²) in [6.45, 7) is 1.94. The number of nitrogens with one attached hydrogen (secondary N) is 2. The highest BCUT2D eigenvalue weighted by atomic mass is 79.9. The van der Waals surface area contributed by atoms with Gasteiger partial charge in [0.1, 0.15) is 0 Å². The molecule has 0 aliphatic rings. The molecule has 0 fully saturated rings. The van der Waals surface area contributed by atoms with Crippen LogP contribution in [0.1, 0.15) is 15.9 Å². The lowest BCUT2D eigenvalue weighted by Gasteiger charge is -2.12. The predicted molar refractivity (Wildman–Crippen MR) is 120 cm³/mol. The van der Waals surface area contributed by atoms with Gasteiger partial charge >= 0.3 is 0 Å². The van der Waals surface area contributed by atoms with Gasteiger partial charge in [-0.1, -0.05) is 22.0 Å². The maximum absolute atomic E-state index is 12.3. The molecule has 6 nitrogen and oxygen atoms in total. The van der Waals surface area contributed by atoms with Crippen molar-refractivity contribution in [3.05, 3.63) is 76.4 Å². The molecule has 4 rings (SSSR count). The topological polar surface area (TPSA) is 80.1 Å². The molecule has 29 heavy (non-hydrogen) atoms. The van der Waals surface area contributed by atoms with Crippen LogP contribution in [0, 0.1) is 6.92 Å². The van der Waals surface area contributed by atoms with Crippen molar-refractivity contribution < 1.29 is 9.21 Å². The van der Waals surface area contributed by atoms with Gasteiger partial charge < -0.3 is 9.73 Å². The van der Waals surface area contributed by atoms with Crippen molar-refractivity contribution in [2.24, 2.45) is 0 Å². The zero-order valence-corrected chi connectivity index (χ0v) is 17.7. The van der Waals surface area contributed by atoms with E-state index in [-0.39, 0.29) is 11.0 Å². The van der Waals surface area contributed by atoms with E-state index in [9.17, 15) is 4.79 Å². The van der Waals surface area contributed by atoms with E-state index in [1.807, 2.05) is 37.3 Å². The van der Waals surface area contributed by atoms with Gasteiger partial charge in [-0.3, -0.25) is 10.1 Å². The Morgan fingerprint density at radius 1 is 1.14 bits per heavy atom. The number of hydrogen-bond donors (Lipinski definition) is 2. The number of anilines is 1. The van der Waals surface area contributed by atoms with Crippen molar-refractivity contribution in [3.63, 3.8) is 0 Å². The number of pyridine rings is 1. The lowest BCUT2D eigenvalue weighted by molar-refractivity contribution is 0.0977. The number of thiocarbonyl (C=S) groups is 1. The van der Waals surface area contributed by atoms with Crippen LogP contribution in [0.15, 0.2) is 69.7 Å². The van der Waals surface area contributed by atoms with E-state index >= 15 is 0 Å². The van der Waals surface area contributed by atoms with Crippen LogP contribution in [-0.2, 0) is 0 Å². The zero-order valence-electron chi connectivity index (χ0n) is 15.3. The highest BCUT2D eigenvalue weighted by molar-refractivity contribution is 9.10. The summed E-state index contributed by atoms with van der Waals surface area (Å²) in [7, 11) is 0. The number of carbonyl (C=O) groups is 1. The number of rotatable bonds is 3. The summed E-state index contributed by atoms with van der Waals surface area (Å²) in [4.78, 5) is 20.9. The van der Waals surface area contributed by atoms with Gasteiger partial charge in [-0.2, -0.15) is 4.98 Å². The second-order valence-corrected chi connectivity index (χ2v) is 7.62. The van der Waals surface area contributed by atoms with Gasteiger partial charge in [0, 0.05) is 27.5 Å². The van der Waals surface area contributed by atoms with E-state index in [1.165, 1.54) is 0 Å². The first-order chi connectivity index (χ1) is 14.0. The van der Waals surface area contributed by atoms with Gasteiger partial charge in [-0.05, 0) is 73.2 Å². The number of halogens is 1. The minimum atomic E-state index is -0.281. The Morgan fingerprint density at radius 2 is 2.00 bits per heavy atom. The molecule has 0 spiro atoms. The third-order valence-electron chi connectivity index (χ3n) is 4.20. The molecule has 0 atom stereocenters. The molecule has 2 N–H and O–H groups in total.